The summed E-state index contributed by atoms with van der Waals surface area (Å²) in [5.41, 5.74) is 2.08. The lowest BCUT2D eigenvalue weighted by Crippen LogP contribution is -1.88. The first kappa shape index (κ1) is 7.17. The van der Waals surface area contributed by atoms with E-state index < -0.39 is 0 Å². The SMILES string of the molecule is CC=C(C)C(C)P. The number of hydrogen-bond donors (Lipinski definition) is 0. The molecule has 0 amide bonds. The summed E-state index contributed by atoms with van der Waals surface area (Å²) in [6, 6.07) is 0. The van der Waals surface area contributed by atoms with Crippen molar-refractivity contribution in [3.8, 4) is 0 Å². The van der Waals surface area contributed by atoms with E-state index in [9.17, 15) is 0 Å². The van der Waals surface area contributed by atoms with Crippen LogP contribution in [-0.4, -0.2) is 5.66 Å². The van der Waals surface area contributed by atoms with Crippen molar-refractivity contribution in [3.63, 3.8) is 0 Å². The van der Waals surface area contributed by atoms with Gasteiger partial charge < -0.3 is 0 Å². The highest BCUT2D eigenvalue weighted by Gasteiger charge is 1.90. The van der Waals surface area contributed by atoms with E-state index in [1.807, 2.05) is 0 Å². The van der Waals surface area contributed by atoms with E-state index in [0.717, 1.165) is 0 Å². The summed E-state index contributed by atoms with van der Waals surface area (Å²) in [4.78, 5) is 0. The Morgan fingerprint density at radius 3 is 2.14 bits per heavy atom. The van der Waals surface area contributed by atoms with Crippen molar-refractivity contribution in [2.45, 2.75) is 26.4 Å². The van der Waals surface area contributed by atoms with E-state index in [2.05, 4.69) is 36.1 Å². The molecule has 0 bridgehead atoms. The zero-order valence-corrected chi connectivity index (χ0v) is 6.39. The van der Waals surface area contributed by atoms with Crippen molar-refractivity contribution in [2.24, 2.45) is 0 Å². The second-order valence-electron chi connectivity index (χ2n) is 1.82. The van der Waals surface area contributed by atoms with Crippen molar-refractivity contribution < 1.29 is 0 Å². The summed E-state index contributed by atoms with van der Waals surface area (Å²) in [7, 11) is 2.75. The molecule has 0 aliphatic rings. The lowest BCUT2D eigenvalue weighted by atomic mass is 10.2. The van der Waals surface area contributed by atoms with Crippen LogP contribution in [0.4, 0.5) is 0 Å². The molecule has 2 atom stereocenters. The Morgan fingerprint density at radius 2 is 2.14 bits per heavy atom. The third-order valence-electron chi connectivity index (χ3n) is 1.17. The first-order valence-corrected chi connectivity index (χ1v) is 3.23. The molecule has 0 aromatic rings. The van der Waals surface area contributed by atoms with Crippen LogP contribution >= 0.6 is 9.24 Å². The minimum absolute atomic E-state index is 0.644. The fourth-order valence-electron chi connectivity index (χ4n) is 0.263. The number of hydrogen-bond acceptors (Lipinski definition) is 0. The van der Waals surface area contributed by atoms with Crippen LogP contribution in [0.3, 0.4) is 0 Å². The van der Waals surface area contributed by atoms with Crippen LogP contribution in [0.2, 0.25) is 0 Å². The predicted octanol–water partition coefficient (Wildman–Crippen LogP) is 2.22. The van der Waals surface area contributed by atoms with E-state index in [-0.39, 0.29) is 0 Å². The van der Waals surface area contributed by atoms with Crippen molar-refractivity contribution in [1.29, 1.82) is 0 Å². The third-order valence-corrected chi connectivity index (χ3v) is 1.70. The quantitative estimate of drug-likeness (QED) is 0.364. The lowest BCUT2D eigenvalue weighted by Gasteiger charge is -2.00. The van der Waals surface area contributed by atoms with Crippen molar-refractivity contribution >= 4 is 9.24 Å². The van der Waals surface area contributed by atoms with Crippen LogP contribution in [0, 0.1) is 0 Å². The van der Waals surface area contributed by atoms with E-state index in [1.165, 1.54) is 5.57 Å². The molecule has 0 fully saturated rings. The van der Waals surface area contributed by atoms with Crippen LogP contribution in [0.25, 0.3) is 0 Å². The highest BCUT2D eigenvalue weighted by Crippen LogP contribution is 2.08. The van der Waals surface area contributed by atoms with E-state index in [1.54, 1.807) is 0 Å². The summed E-state index contributed by atoms with van der Waals surface area (Å²) in [5, 5.41) is 0. The van der Waals surface area contributed by atoms with Gasteiger partial charge in [0.25, 0.3) is 0 Å². The van der Waals surface area contributed by atoms with Crippen molar-refractivity contribution in [1.82, 2.24) is 0 Å². The molecule has 0 aromatic heterocycles. The highest BCUT2D eigenvalue weighted by molar-refractivity contribution is 7.18. The second-order valence-corrected chi connectivity index (χ2v) is 2.82. The van der Waals surface area contributed by atoms with Crippen LogP contribution < -0.4 is 0 Å². The van der Waals surface area contributed by atoms with Gasteiger partial charge in [-0.1, -0.05) is 18.6 Å². The van der Waals surface area contributed by atoms with E-state index in [4.69, 9.17) is 0 Å². The molecule has 0 spiro atoms. The van der Waals surface area contributed by atoms with Gasteiger partial charge in [-0.3, -0.25) is 0 Å². The molecule has 2 unspecified atom stereocenters. The van der Waals surface area contributed by atoms with Gasteiger partial charge in [0.15, 0.2) is 0 Å². The summed E-state index contributed by atoms with van der Waals surface area (Å²) in [5.74, 6) is 0. The van der Waals surface area contributed by atoms with Gasteiger partial charge in [0, 0.05) is 0 Å². The molecule has 0 nitrogen and oxygen atoms in total. The average Bonchev–Trinajstić information content (AvgIpc) is 1.65. The molecule has 0 rings (SSSR count). The average molecular weight is 116 g/mol. The molecule has 0 heterocycles. The zero-order chi connectivity index (χ0) is 5.86. The largest absolute Gasteiger partial charge is 0.130 e. The minimum atomic E-state index is 0.644. The molecule has 42 valence electrons. The topological polar surface area (TPSA) is 0 Å². The zero-order valence-electron chi connectivity index (χ0n) is 5.23. The summed E-state index contributed by atoms with van der Waals surface area (Å²) in [6.45, 7) is 6.37. The molecule has 0 saturated carbocycles. The van der Waals surface area contributed by atoms with Crippen LogP contribution in [0.5, 0.6) is 0 Å². The molecule has 1 heteroatoms. The highest BCUT2D eigenvalue weighted by atomic mass is 31.0. The third kappa shape index (κ3) is 2.82. The molecular weight excluding hydrogens is 103 g/mol. The number of allylic oxidation sites excluding steroid dienone is 2. The first-order valence-electron chi connectivity index (χ1n) is 2.57. The maximum Gasteiger partial charge on any atom is -0.00867 e. The van der Waals surface area contributed by atoms with Gasteiger partial charge >= 0.3 is 0 Å². The Hall–Kier alpha value is 0.170. The smallest absolute Gasteiger partial charge is 0.00867 e. The van der Waals surface area contributed by atoms with Gasteiger partial charge in [-0.25, -0.2) is 0 Å². The van der Waals surface area contributed by atoms with Crippen molar-refractivity contribution in [3.05, 3.63) is 11.6 Å². The van der Waals surface area contributed by atoms with Gasteiger partial charge in [0.1, 0.15) is 0 Å². The van der Waals surface area contributed by atoms with Gasteiger partial charge in [-0.15, -0.1) is 9.24 Å². The maximum absolute atomic E-state index is 2.75. The summed E-state index contributed by atoms with van der Waals surface area (Å²) < 4.78 is 0. The number of rotatable bonds is 1. The van der Waals surface area contributed by atoms with Crippen LogP contribution in [0.1, 0.15) is 20.8 Å². The van der Waals surface area contributed by atoms with Gasteiger partial charge in [-0.05, 0) is 19.5 Å². The van der Waals surface area contributed by atoms with Gasteiger partial charge in [-0.2, -0.15) is 0 Å². The second kappa shape index (κ2) is 3.21. The Bertz CT molecular complexity index is 72.2. The Morgan fingerprint density at radius 1 is 1.71 bits per heavy atom. The van der Waals surface area contributed by atoms with Gasteiger partial charge in [0.2, 0.25) is 0 Å². The summed E-state index contributed by atoms with van der Waals surface area (Å²) in [6.07, 6.45) is 2.14. The maximum atomic E-state index is 2.75. The molecule has 0 N–H and O–H groups in total. The molecule has 0 aromatic carbocycles. The standard InChI is InChI=1S/C6H13P/c1-4-5(2)6(3)7/h4,6H,7H2,1-3H3. The Kier molecular flexibility index (Phi) is 3.29. The normalized spacial score (nSPS) is 16.9. The summed E-state index contributed by atoms with van der Waals surface area (Å²) >= 11 is 0. The minimum Gasteiger partial charge on any atom is -0.130 e. The van der Waals surface area contributed by atoms with Crippen LogP contribution in [-0.2, 0) is 0 Å². The first-order chi connectivity index (χ1) is 3.18. The Balaban J connectivity index is 3.56. The molecular formula is C6H13P. The van der Waals surface area contributed by atoms with E-state index >= 15 is 0 Å². The molecule has 0 radical (unpaired) electrons. The molecule has 0 saturated heterocycles. The van der Waals surface area contributed by atoms with Crippen molar-refractivity contribution in [2.75, 3.05) is 0 Å². The molecule has 0 aliphatic heterocycles. The lowest BCUT2D eigenvalue weighted by molar-refractivity contribution is 1.12. The predicted molar refractivity (Wildman–Crippen MR) is 38.6 cm³/mol. The Labute approximate surface area is 48.2 Å². The fraction of sp³-hybridized carbons (Fsp3) is 0.667. The molecule has 0 aliphatic carbocycles. The molecule has 7 heavy (non-hydrogen) atoms. The fourth-order valence-corrected chi connectivity index (χ4v) is 0.455. The van der Waals surface area contributed by atoms with Crippen LogP contribution in [0.15, 0.2) is 11.6 Å². The van der Waals surface area contributed by atoms with Gasteiger partial charge in [0.05, 0.1) is 0 Å². The van der Waals surface area contributed by atoms with E-state index in [0.29, 0.717) is 5.66 Å². The monoisotopic (exact) mass is 116 g/mol.